The zero-order valence-corrected chi connectivity index (χ0v) is 8.59. The Morgan fingerprint density at radius 3 is 2.85 bits per heavy atom. The zero-order valence-electron chi connectivity index (χ0n) is 8.59. The molecule has 1 nitrogen and oxygen atoms in total. The van der Waals surface area contributed by atoms with Gasteiger partial charge in [-0.05, 0) is 30.0 Å². The number of benzene rings is 1. The molecule has 0 aromatic heterocycles. The number of hydrogen-bond donors (Lipinski definition) is 1. The normalized spacial score (nSPS) is 20.2. The fraction of sp³-hybridized carbons (Fsp3) is 0.500. The molecule has 1 atom stereocenters. The number of rotatable bonds is 1. The third kappa shape index (κ3) is 1.32. The van der Waals surface area contributed by atoms with Crippen LogP contribution in [0.5, 0.6) is 0 Å². The Bertz CT molecular complexity index is 315. The van der Waals surface area contributed by atoms with E-state index in [1.807, 2.05) is 0 Å². The molecule has 1 unspecified atom stereocenters. The molecule has 1 aromatic carbocycles. The molecule has 0 aliphatic carbocycles. The van der Waals surface area contributed by atoms with Crippen molar-refractivity contribution in [3.05, 3.63) is 29.3 Å². The minimum atomic E-state index is 0.705. The molecular weight excluding hydrogens is 158 g/mol. The smallest absolute Gasteiger partial charge is 0.0379 e. The molecule has 0 fully saturated rings. The highest BCUT2D eigenvalue weighted by Crippen LogP contribution is 2.37. The summed E-state index contributed by atoms with van der Waals surface area (Å²) in [5, 5.41) is 3.47. The molecule has 1 heteroatoms. The van der Waals surface area contributed by atoms with Crippen LogP contribution in [0.2, 0.25) is 0 Å². The van der Waals surface area contributed by atoms with Crippen molar-refractivity contribution >= 4 is 5.69 Å². The van der Waals surface area contributed by atoms with Crippen LogP contribution < -0.4 is 5.32 Å². The van der Waals surface area contributed by atoms with Crippen LogP contribution in [0.15, 0.2) is 18.2 Å². The second-order valence-corrected chi connectivity index (χ2v) is 4.27. The van der Waals surface area contributed by atoms with Crippen molar-refractivity contribution in [3.8, 4) is 0 Å². The van der Waals surface area contributed by atoms with Gasteiger partial charge in [0.25, 0.3) is 0 Å². The maximum atomic E-state index is 3.47. The van der Waals surface area contributed by atoms with Crippen LogP contribution in [0.1, 0.15) is 30.9 Å². The minimum absolute atomic E-state index is 0.705. The van der Waals surface area contributed by atoms with Gasteiger partial charge in [-0.2, -0.15) is 0 Å². The lowest BCUT2D eigenvalue weighted by molar-refractivity contribution is 0.531. The fourth-order valence-corrected chi connectivity index (χ4v) is 2.22. The van der Waals surface area contributed by atoms with Gasteiger partial charge in [0.15, 0.2) is 0 Å². The largest absolute Gasteiger partial charge is 0.384 e. The third-order valence-electron chi connectivity index (χ3n) is 3.01. The Balaban J connectivity index is 2.46. The van der Waals surface area contributed by atoms with E-state index in [1.54, 1.807) is 0 Å². The number of hydrogen-bond acceptors (Lipinski definition) is 1. The minimum Gasteiger partial charge on any atom is -0.384 e. The molecular formula is C12H17N. The first kappa shape index (κ1) is 8.61. The van der Waals surface area contributed by atoms with Crippen molar-refractivity contribution in [2.24, 2.45) is 5.92 Å². The van der Waals surface area contributed by atoms with Gasteiger partial charge in [0.1, 0.15) is 0 Å². The number of nitrogens with one attached hydrogen (secondary N) is 1. The van der Waals surface area contributed by atoms with Gasteiger partial charge in [-0.15, -0.1) is 0 Å². The van der Waals surface area contributed by atoms with Crippen molar-refractivity contribution in [1.29, 1.82) is 0 Å². The van der Waals surface area contributed by atoms with Gasteiger partial charge in [0.2, 0.25) is 0 Å². The van der Waals surface area contributed by atoms with Crippen LogP contribution in [-0.4, -0.2) is 6.54 Å². The summed E-state index contributed by atoms with van der Waals surface area (Å²) in [5.74, 6) is 1.44. The van der Waals surface area contributed by atoms with Crippen molar-refractivity contribution in [2.75, 3.05) is 11.9 Å². The van der Waals surface area contributed by atoms with E-state index in [1.165, 1.54) is 16.8 Å². The lowest BCUT2D eigenvalue weighted by atomic mass is 9.88. The van der Waals surface area contributed by atoms with Crippen LogP contribution >= 0.6 is 0 Å². The highest BCUT2D eigenvalue weighted by Gasteiger charge is 2.25. The average Bonchev–Trinajstić information content (AvgIpc) is 2.49. The third-order valence-corrected chi connectivity index (χ3v) is 3.01. The predicted octanol–water partition coefficient (Wildman–Crippen LogP) is 3.16. The highest BCUT2D eigenvalue weighted by molar-refractivity contribution is 5.60. The molecule has 0 amide bonds. The number of anilines is 1. The average molecular weight is 175 g/mol. The fourth-order valence-electron chi connectivity index (χ4n) is 2.22. The molecule has 1 aromatic rings. The maximum absolute atomic E-state index is 3.47. The predicted molar refractivity (Wildman–Crippen MR) is 57.2 cm³/mol. The molecule has 2 rings (SSSR count). The molecule has 1 heterocycles. The second kappa shape index (κ2) is 3.06. The van der Waals surface area contributed by atoms with Gasteiger partial charge < -0.3 is 5.32 Å². The van der Waals surface area contributed by atoms with E-state index in [0.29, 0.717) is 5.92 Å². The molecule has 0 spiro atoms. The summed E-state index contributed by atoms with van der Waals surface area (Å²) in [6.07, 6.45) is 0. The summed E-state index contributed by atoms with van der Waals surface area (Å²) in [4.78, 5) is 0. The Morgan fingerprint density at radius 2 is 2.15 bits per heavy atom. The molecule has 1 aliphatic rings. The lowest BCUT2D eigenvalue weighted by Crippen LogP contribution is -2.09. The molecule has 0 bridgehead atoms. The summed E-state index contributed by atoms with van der Waals surface area (Å²) in [6, 6.07) is 6.52. The first-order valence-electron chi connectivity index (χ1n) is 5.03. The first-order valence-corrected chi connectivity index (χ1v) is 5.03. The van der Waals surface area contributed by atoms with Gasteiger partial charge in [-0.3, -0.25) is 0 Å². The summed E-state index contributed by atoms with van der Waals surface area (Å²) in [5.41, 5.74) is 4.32. The second-order valence-electron chi connectivity index (χ2n) is 4.27. The highest BCUT2D eigenvalue weighted by atomic mass is 14.9. The summed E-state index contributed by atoms with van der Waals surface area (Å²) >= 11 is 0. The summed E-state index contributed by atoms with van der Waals surface area (Å²) in [7, 11) is 0. The standard InChI is InChI=1S/C12H17N/c1-8(2)10-7-13-11-6-4-5-9(3)12(10)11/h4-6,8,10,13H,7H2,1-3H3. The molecule has 13 heavy (non-hydrogen) atoms. The summed E-state index contributed by atoms with van der Waals surface area (Å²) in [6.45, 7) is 7.92. The van der Waals surface area contributed by atoms with E-state index in [4.69, 9.17) is 0 Å². The molecule has 1 aliphatic heterocycles. The zero-order chi connectivity index (χ0) is 9.42. The number of aryl methyl sites for hydroxylation is 1. The lowest BCUT2D eigenvalue weighted by Gasteiger charge is -2.15. The first-order chi connectivity index (χ1) is 6.20. The van der Waals surface area contributed by atoms with Crippen LogP contribution in [0.25, 0.3) is 0 Å². The molecule has 0 saturated carbocycles. The monoisotopic (exact) mass is 175 g/mol. The number of fused-ring (bicyclic) bond motifs is 1. The Hall–Kier alpha value is -0.980. The topological polar surface area (TPSA) is 12.0 Å². The van der Waals surface area contributed by atoms with E-state index in [9.17, 15) is 0 Å². The maximum Gasteiger partial charge on any atom is 0.0379 e. The Labute approximate surface area is 80.2 Å². The quantitative estimate of drug-likeness (QED) is 0.691. The van der Waals surface area contributed by atoms with Crippen LogP contribution in [-0.2, 0) is 0 Å². The van der Waals surface area contributed by atoms with E-state index in [0.717, 1.165) is 12.5 Å². The summed E-state index contributed by atoms with van der Waals surface area (Å²) < 4.78 is 0. The van der Waals surface area contributed by atoms with Gasteiger partial charge in [-0.25, -0.2) is 0 Å². The Morgan fingerprint density at radius 1 is 1.38 bits per heavy atom. The van der Waals surface area contributed by atoms with Gasteiger partial charge in [0.05, 0.1) is 0 Å². The van der Waals surface area contributed by atoms with Crippen LogP contribution in [0, 0.1) is 12.8 Å². The SMILES string of the molecule is Cc1cccc2c1C(C(C)C)CN2. The van der Waals surface area contributed by atoms with Crippen molar-refractivity contribution in [1.82, 2.24) is 0 Å². The molecule has 1 N–H and O–H groups in total. The van der Waals surface area contributed by atoms with Crippen LogP contribution in [0.3, 0.4) is 0 Å². The van der Waals surface area contributed by atoms with Gasteiger partial charge in [-0.1, -0.05) is 26.0 Å². The molecule has 70 valence electrons. The molecule has 0 saturated heterocycles. The van der Waals surface area contributed by atoms with Crippen molar-refractivity contribution < 1.29 is 0 Å². The van der Waals surface area contributed by atoms with Crippen molar-refractivity contribution in [2.45, 2.75) is 26.7 Å². The van der Waals surface area contributed by atoms with E-state index in [-0.39, 0.29) is 0 Å². The van der Waals surface area contributed by atoms with Gasteiger partial charge in [0, 0.05) is 18.2 Å². The van der Waals surface area contributed by atoms with E-state index in [2.05, 4.69) is 44.3 Å². The van der Waals surface area contributed by atoms with Crippen LogP contribution in [0.4, 0.5) is 5.69 Å². The van der Waals surface area contributed by atoms with Crippen molar-refractivity contribution in [3.63, 3.8) is 0 Å². The van der Waals surface area contributed by atoms with E-state index >= 15 is 0 Å². The molecule has 0 radical (unpaired) electrons. The Kier molecular flexibility index (Phi) is 2.03. The van der Waals surface area contributed by atoms with Gasteiger partial charge >= 0.3 is 0 Å². The van der Waals surface area contributed by atoms with E-state index < -0.39 is 0 Å².